The van der Waals surface area contributed by atoms with Crippen LogP contribution < -0.4 is 0 Å². The maximum Gasteiger partial charge on any atom is 0.0991 e. The number of hydrogen-bond donors (Lipinski definition) is 1. The Hall–Kier alpha value is -2.22. The third-order valence-electron chi connectivity index (χ3n) is 3.08. The molecule has 1 atom stereocenters. The summed E-state index contributed by atoms with van der Waals surface area (Å²) in [5, 5.41) is 18.9. The van der Waals surface area contributed by atoms with Gasteiger partial charge in [0.05, 0.1) is 17.7 Å². The van der Waals surface area contributed by atoms with Gasteiger partial charge >= 0.3 is 0 Å². The predicted octanol–water partition coefficient (Wildman–Crippen LogP) is 2.12. The minimum Gasteiger partial charge on any atom is -0.387 e. The summed E-state index contributed by atoms with van der Waals surface area (Å²) in [5.41, 5.74) is 2.54. The highest BCUT2D eigenvalue weighted by molar-refractivity contribution is 5.32. The van der Waals surface area contributed by atoms with Crippen molar-refractivity contribution < 1.29 is 5.11 Å². The van der Waals surface area contributed by atoms with Gasteiger partial charge in [-0.05, 0) is 36.4 Å². The Morgan fingerprint density at radius 2 is 2.05 bits per heavy atom. The standard InChI is InChI=1S/C16H17N3O/c1-19(11-14-3-2-8-18-10-14)12-16(20)15-6-4-13(9-17)5-7-15/h2-8,10,16,20H,11-12H2,1H3. The minimum atomic E-state index is -0.565. The van der Waals surface area contributed by atoms with Crippen molar-refractivity contribution in [3.63, 3.8) is 0 Å². The van der Waals surface area contributed by atoms with Crippen molar-refractivity contribution in [3.8, 4) is 6.07 Å². The molecule has 1 N–H and O–H groups in total. The van der Waals surface area contributed by atoms with Crippen molar-refractivity contribution in [2.75, 3.05) is 13.6 Å². The zero-order chi connectivity index (χ0) is 14.4. The Balaban J connectivity index is 1.93. The molecule has 4 heteroatoms. The smallest absolute Gasteiger partial charge is 0.0991 e. The molecule has 0 spiro atoms. The van der Waals surface area contributed by atoms with Gasteiger partial charge in [-0.3, -0.25) is 9.88 Å². The van der Waals surface area contributed by atoms with Crippen LogP contribution in [-0.2, 0) is 6.54 Å². The highest BCUT2D eigenvalue weighted by Gasteiger charge is 2.11. The number of hydrogen-bond acceptors (Lipinski definition) is 4. The monoisotopic (exact) mass is 267 g/mol. The molecule has 20 heavy (non-hydrogen) atoms. The SMILES string of the molecule is CN(Cc1cccnc1)CC(O)c1ccc(C#N)cc1. The third kappa shape index (κ3) is 3.89. The molecule has 4 nitrogen and oxygen atoms in total. The molecule has 1 heterocycles. The largest absolute Gasteiger partial charge is 0.387 e. The summed E-state index contributed by atoms with van der Waals surface area (Å²) in [7, 11) is 1.96. The van der Waals surface area contributed by atoms with Crippen LogP contribution in [0.3, 0.4) is 0 Å². The van der Waals surface area contributed by atoms with Crippen molar-refractivity contribution in [2.24, 2.45) is 0 Å². The van der Waals surface area contributed by atoms with Gasteiger partial charge in [-0.15, -0.1) is 0 Å². The molecule has 0 amide bonds. The quantitative estimate of drug-likeness (QED) is 0.901. The molecule has 1 aromatic carbocycles. The lowest BCUT2D eigenvalue weighted by Gasteiger charge is -2.20. The fourth-order valence-electron chi connectivity index (χ4n) is 2.05. The molecule has 2 rings (SSSR count). The normalized spacial score (nSPS) is 12.1. The number of benzene rings is 1. The number of aliphatic hydroxyl groups is 1. The first-order chi connectivity index (χ1) is 9.69. The summed E-state index contributed by atoms with van der Waals surface area (Å²) in [6.07, 6.45) is 3.00. The summed E-state index contributed by atoms with van der Waals surface area (Å²) in [5.74, 6) is 0. The van der Waals surface area contributed by atoms with E-state index in [-0.39, 0.29) is 0 Å². The van der Waals surface area contributed by atoms with Crippen LogP contribution in [0, 0.1) is 11.3 Å². The third-order valence-corrected chi connectivity index (χ3v) is 3.08. The Kier molecular flexibility index (Phi) is 4.83. The van der Waals surface area contributed by atoms with Gasteiger partial charge < -0.3 is 5.11 Å². The van der Waals surface area contributed by atoms with E-state index < -0.39 is 6.10 Å². The summed E-state index contributed by atoms with van der Waals surface area (Å²) in [6.45, 7) is 1.27. The van der Waals surface area contributed by atoms with E-state index in [2.05, 4.69) is 11.1 Å². The molecule has 2 aromatic rings. The number of rotatable bonds is 5. The summed E-state index contributed by atoms with van der Waals surface area (Å²) >= 11 is 0. The van der Waals surface area contributed by atoms with E-state index in [1.54, 1.807) is 30.5 Å². The molecule has 102 valence electrons. The fraction of sp³-hybridized carbons (Fsp3) is 0.250. The Bertz CT molecular complexity index is 575. The molecule has 0 aliphatic rings. The van der Waals surface area contributed by atoms with Gasteiger partial charge in [0, 0.05) is 25.5 Å². The second-order valence-corrected chi connectivity index (χ2v) is 4.81. The molecule has 1 aromatic heterocycles. The first-order valence-corrected chi connectivity index (χ1v) is 6.44. The van der Waals surface area contributed by atoms with E-state index in [1.165, 1.54) is 0 Å². The number of aromatic nitrogens is 1. The van der Waals surface area contributed by atoms with E-state index in [0.717, 1.165) is 17.7 Å². The molecule has 0 aliphatic heterocycles. The van der Waals surface area contributed by atoms with Gasteiger partial charge in [0.2, 0.25) is 0 Å². The Labute approximate surface area is 118 Å². The molecule has 0 aliphatic carbocycles. The van der Waals surface area contributed by atoms with Gasteiger partial charge in [0.1, 0.15) is 0 Å². The number of nitriles is 1. The highest BCUT2D eigenvalue weighted by Crippen LogP contribution is 2.15. The average molecular weight is 267 g/mol. The van der Waals surface area contributed by atoms with Crippen LogP contribution in [0.5, 0.6) is 0 Å². The van der Waals surface area contributed by atoms with Crippen molar-refractivity contribution >= 4 is 0 Å². The molecular weight excluding hydrogens is 250 g/mol. The summed E-state index contributed by atoms with van der Waals surface area (Å²) in [6, 6.07) is 13.0. The van der Waals surface area contributed by atoms with Crippen LogP contribution in [0.2, 0.25) is 0 Å². The van der Waals surface area contributed by atoms with Gasteiger partial charge in [-0.2, -0.15) is 5.26 Å². The zero-order valence-electron chi connectivity index (χ0n) is 11.4. The topological polar surface area (TPSA) is 60.1 Å². The average Bonchev–Trinajstić information content (AvgIpc) is 2.48. The van der Waals surface area contributed by atoms with Crippen LogP contribution in [0.1, 0.15) is 22.8 Å². The number of aliphatic hydroxyl groups excluding tert-OH is 1. The maximum atomic E-state index is 10.2. The number of nitrogens with zero attached hydrogens (tertiary/aromatic N) is 3. The van der Waals surface area contributed by atoms with Gasteiger partial charge in [0.15, 0.2) is 0 Å². The van der Waals surface area contributed by atoms with E-state index in [9.17, 15) is 5.11 Å². The molecule has 0 saturated heterocycles. The molecule has 0 bridgehead atoms. The van der Waals surface area contributed by atoms with E-state index >= 15 is 0 Å². The minimum absolute atomic E-state index is 0.529. The van der Waals surface area contributed by atoms with Crippen LogP contribution >= 0.6 is 0 Å². The molecule has 0 fully saturated rings. The van der Waals surface area contributed by atoms with Gasteiger partial charge in [0.25, 0.3) is 0 Å². The first kappa shape index (κ1) is 14.2. The molecule has 1 unspecified atom stereocenters. The van der Waals surface area contributed by atoms with Crippen molar-refractivity contribution in [3.05, 3.63) is 65.5 Å². The number of likely N-dealkylation sites (N-methyl/N-ethyl adjacent to an activating group) is 1. The zero-order valence-corrected chi connectivity index (χ0v) is 11.4. The van der Waals surface area contributed by atoms with Gasteiger partial charge in [-0.25, -0.2) is 0 Å². The Morgan fingerprint density at radius 3 is 2.65 bits per heavy atom. The number of pyridine rings is 1. The van der Waals surface area contributed by atoms with E-state index in [4.69, 9.17) is 5.26 Å². The second kappa shape index (κ2) is 6.80. The van der Waals surface area contributed by atoms with Crippen molar-refractivity contribution in [2.45, 2.75) is 12.6 Å². The van der Waals surface area contributed by atoms with Crippen LogP contribution in [0.4, 0.5) is 0 Å². The second-order valence-electron chi connectivity index (χ2n) is 4.81. The lowest BCUT2D eigenvalue weighted by Crippen LogP contribution is -2.24. The molecular formula is C16H17N3O. The summed E-state index contributed by atoms with van der Waals surface area (Å²) < 4.78 is 0. The lowest BCUT2D eigenvalue weighted by molar-refractivity contribution is 0.124. The van der Waals surface area contributed by atoms with Crippen LogP contribution in [0.25, 0.3) is 0 Å². The van der Waals surface area contributed by atoms with Crippen LogP contribution in [0.15, 0.2) is 48.8 Å². The van der Waals surface area contributed by atoms with E-state index in [1.807, 2.05) is 30.3 Å². The lowest BCUT2D eigenvalue weighted by atomic mass is 10.1. The summed E-state index contributed by atoms with van der Waals surface area (Å²) in [4.78, 5) is 6.12. The predicted molar refractivity (Wildman–Crippen MR) is 76.7 cm³/mol. The molecule has 0 saturated carbocycles. The Morgan fingerprint density at radius 1 is 1.30 bits per heavy atom. The van der Waals surface area contributed by atoms with Crippen molar-refractivity contribution in [1.29, 1.82) is 5.26 Å². The highest BCUT2D eigenvalue weighted by atomic mass is 16.3. The van der Waals surface area contributed by atoms with E-state index in [0.29, 0.717) is 12.1 Å². The fourth-order valence-corrected chi connectivity index (χ4v) is 2.05. The first-order valence-electron chi connectivity index (χ1n) is 6.44. The van der Waals surface area contributed by atoms with Crippen molar-refractivity contribution in [1.82, 2.24) is 9.88 Å². The van der Waals surface area contributed by atoms with Gasteiger partial charge in [-0.1, -0.05) is 18.2 Å². The molecule has 0 radical (unpaired) electrons. The maximum absolute atomic E-state index is 10.2. The van der Waals surface area contributed by atoms with Crippen LogP contribution in [-0.4, -0.2) is 28.6 Å².